The van der Waals surface area contributed by atoms with Crippen LogP contribution >= 0.6 is 0 Å². The number of benzene rings is 2. The van der Waals surface area contributed by atoms with E-state index >= 15 is 0 Å². The van der Waals surface area contributed by atoms with Gasteiger partial charge in [-0.3, -0.25) is 4.79 Å². The van der Waals surface area contributed by atoms with Crippen molar-refractivity contribution in [1.29, 1.82) is 0 Å². The Labute approximate surface area is 161 Å². The Bertz CT molecular complexity index is 975. The number of ether oxygens (including phenoxy) is 3. The third-order valence-corrected chi connectivity index (χ3v) is 4.16. The van der Waals surface area contributed by atoms with E-state index < -0.39 is 0 Å². The van der Waals surface area contributed by atoms with Gasteiger partial charge in [0, 0.05) is 12.2 Å². The van der Waals surface area contributed by atoms with Crippen molar-refractivity contribution >= 4 is 17.4 Å². The Hall–Kier alpha value is -3.81. The predicted molar refractivity (Wildman–Crippen MR) is 103 cm³/mol. The minimum absolute atomic E-state index is 0.226. The van der Waals surface area contributed by atoms with Gasteiger partial charge in [0.25, 0.3) is 5.91 Å². The lowest BCUT2D eigenvalue weighted by Gasteiger charge is -2.08. The van der Waals surface area contributed by atoms with Crippen molar-refractivity contribution in [3.63, 3.8) is 0 Å². The van der Waals surface area contributed by atoms with Gasteiger partial charge in [0.15, 0.2) is 17.2 Å². The van der Waals surface area contributed by atoms with Crippen LogP contribution in [0.25, 0.3) is 0 Å². The molecule has 1 aliphatic heterocycles. The Kier molecular flexibility index (Phi) is 4.92. The maximum atomic E-state index is 12.3. The van der Waals surface area contributed by atoms with Crippen molar-refractivity contribution in [2.45, 2.75) is 6.54 Å². The van der Waals surface area contributed by atoms with Crippen LogP contribution < -0.4 is 24.8 Å². The maximum Gasteiger partial charge on any atom is 0.276 e. The average Bonchev–Trinajstić information content (AvgIpc) is 3.21. The first-order chi connectivity index (χ1) is 13.7. The second-order valence-corrected chi connectivity index (χ2v) is 6.03. The van der Waals surface area contributed by atoms with Crippen molar-refractivity contribution in [2.24, 2.45) is 0 Å². The highest BCUT2D eigenvalue weighted by molar-refractivity contribution is 6.02. The summed E-state index contributed by atoms with van der Waals surface area (Å²) in [5.74, 6) is 2.43. The molecule has 0 saturated heterocycles. The molecule has 0 unspecified atom stereocenters. The van der Waals surface area contributed by atoms with E-state index in [4.69, 9.17) is 14.2 Å². The predicted octanol–water partition coefficient (Wildman–Crippen LogP) is 3.08. The summed E-state index contributed by atoms with van der Waals surface area (Å²) in [7, 11) is 1.59. The fraction of sp³-hybridized carbons (Fsp3) is 0.150. The number of nitrogens with zero attached hydrogens (tertiary/aromatic N) is 2. The molecule has 3 aromatic rings. The largest absolute Gasteiger partial charge is 0.497 e. The normalized spacial score (nSPS) is 11.8. The molecule has 142 valence electrons. The highest BCUT2D eigenvalue weighted by Crippen LogP contribution is 2.32. The van der Waals surface area contributed by atoms with Crippen molar-refractivity contribution in [2.75, 3.05) is 24.5 Å². The van der Waals surface area contributed by atoms with Crippen molar-refractivity contribution in [3.8, 4) is 17.2 Å². The molecule has 0 fully saturated rings. The zero-order valence-corrected chi connectivity index (χ0v) is 15.1. The van der Waals surface area contributed by atoms with Crippen LogP contribution in [0, 0.1) is 0 Å². The van der Waals surface area contributed by atoms with Crippen molar-refractivity contribution < 1.29 is 19.0 Å². The Morgan fingerprint density at radius 2 is 1.86 bits per heavy atom. The van der Waals surface area contributed by atoms with E-state index in [-0.39, 0.29) is 18.4 Å². The Morgan fingerprint density at radius 1 is 1.04 bits per heavy atom. The maximum absolute atomic E-state index is 12.3. The average molecular weight is 378 g/mol. The van der Waals surface area contributed by atoms with E-state index in [1.165, 1.54) is 0 Å². The van der Waals surface area contributed by atoms with Crippen LogP contribution in [0.1, 0.15) is 16.1 Å². The van der Waals surface area contributed by atoms with E-state index in [0.717, 1.165) is 22.8 Å². The summed E-state index contributed by atoms with van der Waals surface area (Å²) in [5.41, 5.74) is 1.90. The molecule has 0 radical (unpaired) electrons. The number of methoxy groups -OCH3 is 1. The van der Waals surface area contributed by atoms with Crippen molar-refractivity contribution in [1.82, 2.24) is 10.2 Å². The lowest BCUT2D eigenvalue weighted by atomic mass is 10.2. The van der Waals surface area contributed by atoms with E-state index in [1.807, 2.05) is 18.2 Å². The SMILES string of the molecule is COc1ccc(NC(=O)c2ccc(NCc3ccc4c(c3)OCO4)nn2)cc1. The Morgan fingerprint density at radius 3 is 2.61 bits per heavy atom. The van der Waals surface area contributed by atoms with Crippen LogP contribution in [0.3, 0.4) is 0 Å². The molecule has 8 nitrogen and oxygen atoms in total. The van der Waals surface area contributed by atoms with Gasteiger partial charge in [0.2, 0.25) is 6.79 Å². The van der Waals surface area contributed by atoms with Crippen LogP contribution in [-0.4, -0.2) is 30.0 Å². The summed E-state index contributed by atoms with van der Waals surface area (Å²) in [4.78, 5) is 12.3. The summed E-state index contributed by atoms with van der Waals surface area (Å²) < 4.78 is 15.8. The molecule has 4 rings (SSSR count). The van der Waals surface area contributed by atoms with Crippen LogP contribution in [-0.2, 0) is 6.54 Å². The third-order valence-electron chi connectivity index (χ3n) is 4.16. The van der Waals surface area contributed by atoms with Crippen molar-refractivity contribution in [3.05, 3.63) is 65.9 Å². The standard InChI is InChI=1S/C20H18N4O4/c1-26-15-5-3-14(4-6-15)22-20(25)16-7-9-19(24-23-16)21-11-13-2-8-17-18(10-13)28-12-27-17/h2-10H,11-12H2,1H3,(H,21,24)(H,22,25). The second-order valence-electron chi connectivity index (χ2n) is 6.03. The summed E-state index contributed by atoms with van der Waals surface area (Å²) in [5, 5.41) is 14.0. The van der Waals surface area contributed by atoms with E-state index in [1.54, 1.807) is 43.5 Å². The van der Waals surface area contributed by atoms with E-state index in [2.05, 4.69) is 20.8 Å². The number of rotatable bonds is 6. The van der Waals surface area contributed by atoms with Crippen LogP contribution in [0.5, 0.6) is 17.2 Å². The minimum Gasteiger partial charge on any atom is -0.497 e. The first-order valence-corrected chi connectivity index (χ1v) is 8.63. The van der Waals surface area contributed by atoms with Gasteiger partial charge < -0.3 is 24.8 Å². The molecule has 1 aliphatic rings. The van der Waals surface area contributed by atoms with E-state index in [0.29, 0.717) is 18.1 Å². The summed E-state index contributed by atoms with van der Waals surface area (Å²) in [6, 6.07) is 16.1. The number of hydrogen-bond acceptors (Lipinski definition) is 7. The topological polar surface area (TPSA) is 94.6 Å². The molecule has 1 aromatic heterocycles. The lowest BCUT2D eigenvalue weighted by Crippen LogP contribution is -2.14. The van der Waals surface area contributed by atoms with E-state index in [9.17, 15) is 4.79 Å². The molecule has 0 spiro atoms. The monoisotopic (exact) mass is 378 g/mol. The Balaban J connectivity index is 1.34. The second kappa shape index (κ2) is 7.83. The van der Waals surface area contributed by atoms with Gasteiger partial charge in [-0.15, -0.1) is 10.2 Å². The molecule has 0 bridgehead atoms. The number of aromatic nitrogens is 2. The quantitative estimate of drug-likeness (QED) is 0.681. The van der Waals surface area contributed by atoms with Gasteiger partial charge in [0.1, 0.15) is 11.6 Å². The smallest absolute Gasteiger partial charge is 0.276 e. The highest BCUT2D eigenvalue weighted by Gasteiger charge is 2.13. The minimum atomic E-state index is -0.333. The molecule has 8 heteroatoms. The molecular formula is C20H18N4O4. The van der Waals surface area contributed by atoms with Crippen LogP contribution in [0.15, 0.2) is 54.6 Å². The number of hydrogen-bond donors (Lipinski definition) is 2. The zero-order valence-electron chi connectivity index (χ0n) is 15.1. The molecule has 0 saturated carbocycles. The van der Waals surface area contributed by atoms with Gasteiger partial charge in [0.05, 0.1) is 7.11 Å². The third kappa shape index (κ3) is 3.96. The first kappa shape index (κ1) is 17.6. The van der Waals surface area contributed by atoms with Gasteiger partial charge in [-0.2, -0.15) is 0 Å². The molecule has 28 heavy (non-hydrogen) atoms. The van der Waals surface area contributed by atoms with Gasteiger partial charge in [-0.25, -0.2) is 0 Å². The summed E-state index contributed by atoms with van der Waals surface area (Å²) in [6.07, 6.45) is 0. The number of nitrogens with one attached hydrogen (secondary N) is 2. The number of carbonyl (C=O) groups is 1. The molecule has 2 aromatic carbocycles. The fourth-order valence-electron chi connectivity index (χ4n) is 2.66. The highest BCUT2D eigenvalue weighted by atomic mass is 16.7. The summed E-state index contributed by atoms with van der Waals surface area (Å²) >= 11 is 0. The summed E-state index contributed by atoms with van der Waals surface area (Å²) in [6.45, 7) is 0.792. The fourth-order valence-corrected chi connectivity index (χ4v) is 2.66. The zero-order chi connectivity index (χ0) is 19.3. The van der Waals surface area contributed by atoms with Gasteiger partial charge in [-0.1, -0.05) is 6.07 Å². The number of anilines is 2. The molecule has 0 atom stereocenters. The van der Waals surface area contributed by atoms with Gasteiger partial charge in [-0.05, 0) is 54.1 Å². The van der Waals surface area contributed by atoms with Gasteiger partial charge >= 0.3 is 0 Å². The molecule has 2 N–H and O–H groups in total. The number of amides is 1. The molecule has 1 amide bonds. The molecule has 2 heterocycles. The molecular weight excluding hydrogens is 360 g/mol. The van der Waals surface area contributed by atoms with Crippen LogP contribution in [0.4, 0.5) is 11.5 Å². The molecule has 0 aliphatic carbocycles. The van der Waals surface area contributed by atoms with Crippen LogP contribution in [0.2, 0.25) is 0 Å². The first-order valence-electron chi connectivity index (χ1n) is 8.63. The number of fused-ring (bicyclic) bond motifs is 1. The lowest BCUT2D eigenvalue weighted by molar-refractivity contribution is 0.102. The number of carbonyl (C=O) groups excluding carboxylic acids is 1.